The highest BCUT2D eigenvalue weighted by atomic mass is 14.3. The van der Waals surface area contributed by atoms with Gasteiger partial charge >= 0.3 is 0 Å². The lowest BCUT2D eigenvalue weighted by Gasteiger charge is -2.34. The highest BCUT2D eigenvalue weighted by Crippen LogP contribution is 2.38. The van der Waals surface area contributed by atoms with Crippen molar-refractivity contribution in [2.45, 2.75) is 26.2 Å². The van der Waals surface area contributed by atoms with Crippen LogP contribution in [0.3, 0.4) is 0 Å². The van der Waals surface area contributed by atoms with Crippen molar-refractivity contribution < 1.29 is 0 Å². The van der Waals surface area contributed by atoms with Gasteiger partial charge in [0.15, 0.2) is 0 Å². The van der Waals surface area contributed by atoms with E-state index in [-0.39, 0.29) is 0 Å². The number of aryl methyl sites for hydroxylation is 1. The third-order valence-electron chi connectivity index (χ3n) is 4.43. The molecule has 2 unspecified atom stereocenters. The summed E-state index contributed by atoms with van der Waals surface area (Å²) in [5.41, 5.74) is 4.12. The second-order valence-corrected chi connectivity index (χ2v) is 5.96. The zero-order valence-electron chi connectivity index (χ0n) is 12.1. The van der Waals surface area contributed by atoms with Crippen molar-refractivity contribution in [1.82, 2.24) is 0 Å². The lowest BCUT2D eigenvalue weighted by molar-refractivity contribution is 0.227. The molecule has 3 rings (SSSR count). The zero-order chi connectivity index (χ0) is 13.8. The standard InChI is InChI=1S/C20H22/c1-16-7-9-17(10-8-16)11-12-19-13-14-20(19)15-18-5-3-2-4-6-18/h2-12,19-20H,13-15H2,1H3. The fourth-order valence-electron chi connectivity index (χ4n) is 2.93. The van der Waals surface area contributed by atoms with Gasteiger partial charge < -0.3 is 0 Å². The van der Waals surface area contributed by atoms with Crippen molar-refractivity contribution in [3.05, 3.63) is 77.4 Å². The van der Waals surface area contributed by atoms with Gasteiger partial charge in [-0.15, -0.1) is 0 Å². The molecule has 0 spiro atoms. The Morgan fingerprint density at radius 2 is 1.70 bits per heavy atom. The minimum atomic E-state index is 0.761. The van der Waals surface area contributed by atoms with Crippen LogP contribution in [-0.2, 0) is 6.42 Å². The molecule has 2 atom stereocenters. The van der Waals surface area contributed by atoms with Gasteiger partial charge in [-0.05, 0) is 49.1 Å². The van der Waals surface area contributed by atoms with Gasteiger partial charge in [-0.1, -0.05) is 72.3 Å². The average Bonchev–Trinajstić information content (AvgIpc) is 2.47. The summed E-state index contributed by atoms with van der Waals surface area (Å²) in [5.74, 6) is 1.59. The quantitative estimate of drug-likeness (QED) is 0.703. The van der Waals surface area contributed by atoms with Crippen LogP contribution in [0.4, 0.5) is 0 Å². The Morgan fingerprint density at radius 1 is 0.950 bits per heavy atom. The van der Waals surface area contributed by atoms with E-state index in [0.717, 1.165) is 11.8 Å². The van der Waals surface area contributed by atoms with E-state index in [2.05, 4.69) is 73.7 Å². The monoisotopic (exact) mass is 262 g/mol. The van der Waals surface area contributed by atoms with Crippen LogP contribution in [0, 0.1) is 18.8 Å². The topological polar surface area (TPSA) is 0 Å². The number of hydrogen-bond donors (Lipinski definition) is 0. The number of benzene rings is 2. The first-order valence-corrected chi connectivity index (χ1v) is 7.60. The molecule has 1 aliphatic carbocycles. The zero-order valence-corrected chi connectivity index (χ0v) is 12.1. The van der Waals surface area contributed by atoms with Crippen molar-refractivity contribution in [1.29, 1.82) is 0 Å². The van der Waals surface area contributed by atoms with Crippen LogP contribution >= 0.6 is 0 Å². The van der Waals surface area contributed by atoms with Gasteiger partial charge in [-0.3, -0.25) is 0 Å². The first-order valence-electron chi connectivity index (χ1n) is 7.60. The summed E-state index contributed by atoms with van der Waals surface area (Å²) < 4.78 is 0. The molecular weight excluding hydrogens is 240 g/mol. The summed E-state index contributed by atoms with van der Waals surface area (Å²) in [6.07, 6.45) is 8.66. The van der Waals surface area contributed by atoms with Crippen LogP contribution in [-0.4, -0.2) is 0 Å². The summed E-state index contributed by atoms with van der Waals surface area (Å²) in [4.78, 5) is 0. The summed E-state index contributed by atoms with van der Waals surface area (Å²) in [5, 5.41) is 0. The van der Waals surface area contributed by atoms with Crippen molar-refractivity contribution in [2.24, 2.45) is 11.8 Å². The van der Waals surface area contributed by atoms with E-state index in [1.165, 1.54) is 36.0 Å². The van der Waals surface area contributed by atoms with Crippen LogP contribution in [0.1, 0.15) is 29.5 Å². The highest BCUT2D eigenvalue weighted by molar-refractivity contribution is 5.50. The third kappa shape index (κ3) is 3.19. The molecular formula is C20H22. The molecule has 20 heavy (non-hydrogen) atoms. The van der Waals surface area contributed by atoms with Crippen LogP contribution in [0.15, 0.2) is 60.7 Å². The molecule has 0 heteroatoms. The predicted molar refractivity (Wildman–Crippen MR) is 86.6 cm³/mol. The Morgan fingerprint density at radius 3 is 2.35 bits per heavy atom. The van der Waals surface area contributed by atoms with E-state index in [9.17, 15) is 0 Å². The van der Waals surface area contributed by atoms with Crippen molar-refractivity contribution in [3.8, 4) is 0 Å². The smallest absolute Gasteiger partial charge is 0.0199 e. The van der Waals surface area contributed by atoms with Crippen LogP contribution in [0.2, 0.25) is 0 Å². The van der Waals surface area contributed by atoms with Gasteiger partial charge in [-0.2, -0.15) is 0 Å². The predicted octanol–water partition coefficient (Wildman–Crippen LogP) is 5.28. The van der Waals surface area contributed by atoms with Crippen molar-refractivity contribution >= 4 is 6.08 Å². The molecule has 2 aromatic carbocycles. The van der Waals surface area contributed by atoms with E-state index >= 15 is 0 Å². The Kier molecular flexibility index (Phi) is 4.01. The first kappa shape index (κ1) is 13.2. The summed E-state index contributed by atoms with van der Waals surface area (Å²) in [6, 6.07) is 19.7. The first-order chi connectivity index (χ1) is 9.81. The molecule has 1 aliphatic rings. The van der Waals surface area contributed by atoms with Gasteiger partial charge in [0.25, 0.3) is 0 Å². The second-order valence-electron chi connectivity index (χ2n) is 5.96. The maximum absolute atomic E-state index is 2.42. The Bertz CT molecular complexity index is 563. The Balaban J connectivity index is 1.59. The minimum Gasteiger partial charge on any atom is -0.0805 e. The number of hydrogen-bond acceptors (Lipinski definition) is 0. The number of allylic oxidation sites excluding steroid dienone is 1. The molecule has 0 saturated heterocycles. The fraction of sp³-hybridized carbons (Fsp3) is 0.300. The summed E-state index contributed by atoms with van der Waals surface area (Å²) >= 11 is 0. The van der Waals surface area contributed by atoms with Gasteiger partial charge in [0.05, 0.1) is 0 Å². The largest absolute Gasteiger partial charge is 0.0805 e. The van der Waals surface area contributed by atoms with Crippen LogP contribution in [0.25, 0.3) is 6.08 Å². The normalized spacial score (nSPS) is 21.9. The molecule has 102 valence electrons. The van der Waals surface area contributed by atoms with E-state index < -0.39 is 0 Å². The molecule has 2 aromatic rings. The van der Waals surface area contributed by atoms with Gasteiger partial charge in [0, 0.05) is 0 Å². The van der Waals surface area contributed by atoms with E-state index in [1.807, 2.05) is 0 Å². The second kappa shape index (κ2) is 6.09. The van der Waals surface area contributed by atoms with Crippen molar-refractivity contribution in [2.75, 3.05) is 0 Å². The molecule has 0 nitrogen and oxygen atoms in total. The Labute approximate surface area is 122 Å². The molecule has 1 saturated carbocycles. The third-order valence-corrected chi connectivity index (χ3v) is 4.43. The van der Waals surface area contributed by atoms with Gasteiger partial charge in [-0.25, -0.2) is 0 Å². The van der Waals surface area contributed by atoms with E-state index in [0.29, 0.717) is 0 Å². The molecule has 1 fully saturated rings. The Hall–Kier alpha value is -1.82. The molecule has 0 aliphatic heterocycles. The molecule has 0 heterocycles. The molecule has 0 amide bonds. The molecule has 0 bridgehead atoms. The summed E-state index contributed by atoms with van der Waals surface area (Å²) in [7, 11) is 0. The fourth-order valence-corrected chi connectivity index (χ4v) is 2.93. The molecule has 0 N–H and O–H groups in total. The van der Waals surface area contributed by atoms with E-state index in [4.69, 9.17) is 0 Å². The van der Waals surface area contributed by atoms with Crippen molar-refractivity contribution in [3.63, 3.8) is 0 Å². The van der Waals surface area contributed by atoms with E-state index in [1.54, 1.807) is 0 Å². The van der Waals surface area contributed by atoms with Gasteiger partial charge in [0.2, 0.25) is 0 Å². The maximum atomic E-state index is 2.42. The maximum Gasteiger partial charge on any atom is -0.0199 e. The summed E-state index contributed by atoms with van der Waals surface area (Å²) in [6.45, 7) is 2.13. The molecule has 0 aromatic heterocycles. The SMILES string of the molecule is Cc1ccc(C=CC2CCC2Cc2ccccc2)cc1. The van der Waals surface area contributed by atoms with Crippen LogP contribution in [0.5, 0.6) is 0 Å². The highest BCUT2D eigenvalue weighted by Gasteiger charge is 2.28. The molecule has 0 radical (unpaired) electrons. The van der Waals surface area contributed by atoms with Crippen LogP contribution < -0.4 is 0 Å². The minimum absolute atomic E-state index is 0.761. The van der Waals surface area contributed by atoms with Gasteiger partial charge in [0.1, 0.15) is 0 Å². The number of rotatable bonds is 4. The lowest BCUT2D eigenvalue weighted by atomic mass is 9.70. The average molecular weight is 262 g/mol. The lowest BCUT2D eigenvalue weighted by Crippen LogP contribution is -2.25.